The highest BCUT2D eigenvalue weighted by Crippen LogP contribution is 2.14. The molecule has 1 unspecified atom stereocenters. The second kappa shape index (κ2) is 4.15. The lowest BCUT2D eigenvalue weighted by molar-refractivity contribution is -0.121. The lowest BCUT2D eigenvalue weighted by atomic mass is 10.1. The fourth-order valence-electron chi connectivity index (χ4n) is 1.06. The Morgan fingerprint density at radius 1 is 1.36 bits per heavy atom. The van der Waals surface area contributed by atoms with Crippen molar-refractivity contribution in [2.24, 2.45) is 5.73 Å². The Balaban J connectivity index is 3.00. The summed E-state index contributed by atoms with van der Waals surface area (Å²) < 4.78 is 25.5. The molecule has 0 aliphatic carbocycles. The summed E-state index contributed by atoms with van der Waals surface area (Å²) in [6.07, 6.45) is 0. The van der Waals surface area contributed by atoms with E-state index < -0.39 is 23.6 Å². The van der Waals surface area contributed by atoms with Crippen LogP contribution < -0.4 is 11.1 Å². The van der Waals surface area contributed by atoms with Crippen molar-refractivity contribution in [3.8, 4) is 0 Å². The van der Waals surface area contributed by atoms with Gasteiger partial charge in [0.2, 0.25) is 5.91 Å². The lowest BCUT2D eigenvalue weighted by Crippen LogP contribution is -2.31. The second-order valence-electron chi connectivity index (χ2n) is 2.79. The van der Waals surface area contributed by atoms with Gasteiger partial charge in [0.25, 0.3) is 0 Å². The predicted molar refractivity (Wildman–Crippen MR) is 47.4 cm³/mol. The van der Waals surface area contributed by atoms with Crippen molar-refractivity contribution in [3.05, 3.63) is 35.4 Å². The average molecular weight is 200 g/mol. The normalized spacial score (nSPS) is 12.3. The number of carbonyl (C=O) groups excluding carboxylic acids is 1. The molecule has 1 rings (SSSR count). The number of hydrogen-bond acceptors (Lipinski definition) is 2. The zero-order chi connectivity index (χ0) is 10.7. The van der Waals surface area contributed by atoms with E-state index >= 15 is 0 Å². The molecule has 1 amide bonds. The van der Waals surface area contributed by atoms with E-state index in [4.69, 9.17) is 5.73 Å². The first kappa shape index (κ1) is 10.6. The number of halogens is 2. The summed E-state index contributed by atoms with van der Waals surface area (Å²) in [5.41, 5.74) is 5.55. The quantitative estimate of drug-likeness (QED) is 0.738. The van der Waals surface area contributed by atoms with Crippen LogP contribution in [0.2, 0.25) is 0 Å². The fraction of sp³-hybridized carbons (Fsp3) is 0.222. The number of nitrogens with one attached hydrogen (secondary N) is 1. The van der Waals surface area contributed by atoms with E-state index in [1.165, 1.54) is 7.05 Å². The van der Waals surface area contributed by atoms with Crippen molar-refractivity contribution in [1.29, 1.82) is 0 Å². The van der Waals surface area contributed by atoms with Gasteiger partial charge in [-0.2, -0.15) is 0 Å². The molecule has 14 heavy (non-hydrogen) atoms. The number of likely N-dealkylation sites (N-methyl/N-ethyl adjacent to an activating group) is 1. The minimum atomic E-state index is -1.05. The Kier molecular flexibility index (Phi) is 3.14. The van der Waals surface area contributed by atoms with Crippen LogP contribution in [-0.2, 0) is 4.79 Å². The van der Waals surface area contributed by atoms with Gasteiger partial charge in [0.05, 0.1) is 0 Å². The zero-order valence-corrected chi connectivity index (χ0v) is 7.55. The Hall–Kier alpha value is -1.49. The Morgan fingerprint density at radius 3 is 2.29 bits per heavy atom. The van der Waals surface area contributed by atoms with Crippen LogP contribution in [0.5, 0.6) is 0 Å². The molecule has 0 radical (unpaired) electrons. The number of carbonyl (C=O) groups is 1. The molecule has 0 heterocycles. The van der Waals surface area contributed by atoms with Crippen molar-refractivity contribution in [2.45, 2.75) is 6.04 Å². The molecule has 0 spiro atoms. The van der Waals surface area contributed by atoms with Gasteiger partial charge in [-0.05, 0) is 17.7 Å². The lowest BCUT2D eigenvalue weighted by Gasteiger charge is -2.10. The third-order valence-electron chi connectivity index (χ3n) is 1.77. The summed E-state index contributed by atoms with van der Waals surface area (Å²) in [5.74, 6) is -1.99. The Morgan fingerprint density at radius 2 is 1.86 bits per heavy atom. The molecule has 76 valence electrons. The minimum absolute atomic E-state index is 0.113. The first-order valence-electron chi connectivity index (χ1n) is 3.97. The molecule has 0 saturated heterocycles. The summed E-state index contributed by atoms with van der Waals surface area (Å²) in [6.45, 7) is 0. The molecule has 0 aliphatic heterocycles. The molecule has 0 saturated carbocycles. The zero-order valence-electron chi connectivity index (χ0n) is 7.55. The first-order valence-corrected chi connectivity index (χ1v) is 3.97. The molecule has 1 aromatic carbocycles. The van der Waals surface area contributed by atoms with E-state index in [-0.39, 0.29) is 5.56 Å². The highest BCUT2D eigenvalue weighted by Gasteiger charge is 2.15. The Bertz CT molecular complexity index is 334. The van der Waals surface area contributed by atoms with E-state index in [2.05, 4.69) is 5.32 Å². The van der Waals surface area contributed by atoms with Gasteiger partial charge in [0, 0.05) is 13.1 Å². The molecule has 3 nitrogen and oxygen atoms in total. The van der Waals surface area contributed by atoms with Gasteiger partial charge < -0.3 is 11.1 Å². The number of amides is 1. The van der Waals surface area contributed by atoms with Gasteiger partial charge >= 0.3 is 0 Å². The van der Waals surface area contributed by atoms with Gasteiger partial charge in [0.1, 0.15) is 17.7 Å². The molecule has 1 aromatic rings. The van der Waals surface area contributed by atoms with Crippen molar-refractivity contribution in [2.75, 3.05) is 7.05 Å². The minimum Gasteiger partial charge on any atom is -0.358 e. The molecule has 0 aromatic heterocycles. The van der Waals surface area contributed by atoms with Crippen LogP contribution in [0, 0.1) is 11.6 Å². The summed E-state index contributed by atoms with van der Waals surface area (Å²) in [5, 5.41) is 2.29. The number of benzene rings is 1. The van der Waals surface area contributed by atoms with Crippen LogP contribution >= 0.6 is 0 Å². The van der Waals surface area contributed by atoms with E-state index in [9.17, 15) is 13.6 Å². The van der Waals surface area contributed by atoms with Crippen LogP contribution in [0.25, 0.3) is 0 Å². The predicted octanol–water partition coefficient (Wildman–Crippen LogP) is 0.711. The SMILES string of the molecule is CNC(=O)C(N)c1cc(F)cc(F)c1. The highest BCUT2D eigenvalue weighted by molar-refractivity contribution is 5.82. The summed E-state index contributed by atoms with van der Waals surface area (Å²) >= 11 is 0. The third-order valence-corrected chi connectivity index (χ3v) is 1.77. The highest BCUT2D eigenvalue weighted by atomic mass is 19.1. The van der Waals surface area contributed by atoms with Crippen molar-refractivity contribution < 1.29 is 13.6 Å². The molecule has 0 fully saturated rings. The van der Waals surface area contributed by atoms with Crippen LogP contribution in [0.3, 0.4) is 0 Å². The molecule has 5 heteroatoms. The molecular formula is C9H10F2N2O. The smallest absolute Gasteiger partial charge is 0.241 e. The van der Waals surface area contributed by atoms with Crippen molar-refractivity contribution in [1.82, 2.24) is 5.32 Å². The summed E-state index contributed by atoms with van der Waals surface area (Å²) in [4.78, 5) is 11.1. The maximum Gasteiger partial charge on any atom is 0.241 e. The topological polar surface area (TPSA) is 55.1 Å². The van der Waals surface area contributed by atoms with E-state index in [1.807, 2.05) is 0 Å². The van der Waals surface area contributed by atoms with Gasteiger partial charge in [-0.15, -0.1) is 0 Å². The number of nitrogens with two attached hydrogens (primary N) is 1. The maximum atomic E-state index is 12.7. The number of hydrogen-bond donors (Lipinski definition) is 2. The van der Waals surface area contributed by atoms with E-state index in [1.54, 1.807) is 0 Å². The third kappa shape index (κ3) is 2.26. The van der Waals surface area contributed by atoms with Gasteiger partial charge in [-0.1, -0.05) is 0 Å². The van der Waals surface area contributed by atoms with Crippen LogP contribution in [0.4, 0.5) is 8.78 Å². The molecule has 0 aliphatic rings. The van der Waals surface area contributed by atoms with Gasteiger partial charge in [0.15, 0.2) is 0 Å². The molecular weight excluding hydrogens is 190 g/mol. The average Bonchev–Trinajstić information content (AvgIpc) is 2.14. The van der Waals surface area contributed by atoms with Crippen LogP contribution in [0.1, 0.15) is 11.6 Å². The van der Waals surface area contributed by atoms with E-state index in [0.29, 0.717) is 0 Å². The van der Waals surface area contributed by atoms with Crippen molar-refractivity contribution >= 4 is 5.91 Å². The van der Waals surface area contributed by atoms with Crippen LogP contribution in [-0.4, -0.2) is 13.0 Å². The maximum absolute atomic E-state index is 12.7. The largest absolute Gasteiger partial charge is 0.358 e. The van der Waals surface area contributed by atoms with Gasteiger partial charge in [-0.3, -0.25) is 4.79 Å². The molecule has 1 atom stereocenters. The Labute approximate surface area is 79.9 Å². The van der Waals surface area contributed by atoms with Crippen molar-refractivity contribution in [3.63, 3.8) is 0 Å². The van der Waals surface area contributed by atoms with Crippen LogP contribution in [0.15, 0.2) is 18.2 Å². The fourth-order valence-corrected chi connectivity index (χ4v) is 1.06. The molecule has 3 N–H and O–H groups in total. The molecule has 0 bridgehead atoms. The van der Waals surface area contributed by atoms with Gasteiger partial charge in [-0.25, -0.2) is 8.78 Å². The second-order valence-corrected chi connectivity index (χ2v) is 2.79. The first-order chi connectivity index (χ1) is 6.54. The summed E-state index contributed by atoms with van der Waals surface area (Å²) in [6, 6.07) is 1.73. The summed E-state index contributed by atoms with van der Waals surface area (Å²) in [7, 11) is 1.40. The monoisotopic (exact) mass is 200 g/mol. The standard InChI is InChI=1S/C9H10F2N2O/c1-13-9(14)8(12)5-2-6(10)4-7(11)3-5/h2-4,8H,12H2,1H3,(H,13,14). The number of rotatable bonds is 2. The van der Waals surface area contributed by atoms with E-state index in [0.717, 1.165) is 18.2 Å².